The maximum atomic E-state index is 13.9. The van der Waals surface area contributed by atoms with Crippen molar-refractivity contribution in [3.8, 4) is 5.75 Å². The molecule has 2 N–H and O–H groups in total. The van der Waals surface area contributed by atoms with Gasteiger partial charge >= 0.3 is 0 Å². The Labute approximate surface area is 125 Å². The van der Waals surface area contributed by atoms with Gasteiger partial charge < -0.3 is 10.5 Å². The van der Waals surface area contributed by atoms with E-state index in [1.54, 1.807) is 19.1 Å². The molecule has 1 aromatic rings. The lowest BCUT2D eigenvalue weighted by atomic mass is 9.97. The molecule has 0 spiro atoms. The maximum Gasteiger partial charge on any atom is 0.150 e. The zero-order valence-corrected chi connectivity index (χ0v) is 13.2. The molecule has 0 saturated heterocycles. The Morgan fingerprint density at radius 2 is 2.10 bits per heavy atom. The second-order valence-corrected chi connectivity index (χ2v) is 8.16. The largest absolute Gasteiger partial charge is 0.490 e. The summed E-state index contributed by atoms with van der Waals surface area (Å²) in [5.74, 6) is 0.0361. The zero-order chi connectivity index (χ0) is 15.6. The molecule has 1 aliphatic carbocycles. The molecule has 0 aromatic heterocycles. The summed E-state index contributed by atoms with van der Waals surface area (Å²) in [6, 6.07) is 4.25. The summed E-state index contributed by atoms with van der Waals surface area (Å²) in [7, 11) is -3.05. The summed E-state index contributed by atoms with van der Waals surface area (Å²) in [5, 5.41) is -0.357. The molecule has 1 aromatic carbocycles. The van der Waals surface area contributed by atoms with Gasteiger partial charge in [0.1, 0.15) is 21.4 Å². The van der Waals surface area contributed by atoms with Crippen molar-refractivity contribution >= 4 is 9.84 Å². The van der Waals surface area contributed by atoms with Crippen molar-refractivity contribution in [1.29, 1.82) is 0 Å². The predicted octanol–water partition coefficient (Wildman–Crippen LogP) is 2.58. The van der Waals surface area contributed by atoms with Gasteiger partial charge in [0, 0.05) is 30.3 Å². The van der Waals surface area contributed by atoms with Crippen LogP contribution in [0.5, 0.6) is 5.75 Å². The van der Waals surface area contributed by atoms with Crippen molar-refractivity contribution in [2.24, 2.45) is 5.73 Å². The number of benzene rings is 1. The number of halogens is 1. The second-order valence-electron chi connectivity index (χ2n) is 5.83. The normalized spacial score (nSPS) is 24.6. The van der Waals surface area contributed by atoms with Gasteiger partial charge in [0.15, 0.2) is 0 Å². The van der Waals surface area contributed by atoms with Crippen LogP contribution in [0.25, 0.3) is 0 Å². The minimum Gasteiger partial charge on any atom is -0.490 e. The molecule has 0 radical (unpaired) electrons. The minimum atomic E-state index is -3.05. The average molecular weight is 315 g/mol. The van der Waals surface area contributed by atoms with E-state index in [9.17, 15) is 12.8 Å². The Hall–Kier alpha value is -1.14. The molecule has 2 rings (SSSR count). The van der Waals surface area contributed by atoms with E-state index in [2.05, 4.69) is 0 Å². The fourth-order valence-corrected chi connectivity index (χ4v) is 3.90. The zero-order valence-electron chi connectivity index (χ0n) is 12.4. The first-order valence-electron chi connectivity index (χ1n) is 7.18. The van der Waals surface area contributed by atoms with Crippen LogP contribution >= 0.6 is 0 Å². The lowest BCUT2D eigenvalue weighted by Crippen LogP contribution is -2.33. The highest BCUT2D eigenvalue weighted by molar-refractivity contribution is 7.91. The summed E-state index contributed by atoms with van der Waals surface area (Å²) >= 11 is 0. The Morgan fingerprint density at radius 1 is 1.38 bits per heavy atom. The van der Waals surface area contributed by atoms with Crippen molar-refractivity contribution in [1.82, 2.24) is 0 Å². The van der Waals surface area contributed by atoms with E-state index >= 15 is 0 Å². The fourth-order valence-electron chi connectivity index (χ4n) is 2.74. The van der Waals surface area contributed by atoms with Crippen LogP contribution in [0, 0.1) is 5.82 Å². The smallest absolute Gasteiger partial charge is 0.150 e. The third-order valence-corrected chi connectivity index (χ3v) is 5.59. The van der Waals surface area contributed by atoms with E-state index in [0.29, 0.717) is 24.2 Å². The summed E-state index contributed by atoms with van der Waals surface area (Å²) in [4.78, 5) is 0. The molecule has 1 saturated carbocycles. The number of ether oxygens (including phenoxy) is 1. The van der Waals surface area contributed by atoms with Crippen LogP contribution in [-0.2, 0) is 9.84 Å². The van der Waals surface area contributed by atoms with E-state index in [1.807, 2.05) is 0 Å². The fraction of sp³-hybridized carbons (Fsp3) is 0.600. The van der Waals surface area contributed by atoms with Gasteiger partial charge in [0.2, 0.25) is 0 Å². The lowest BCUT2D eigenvalue weighted by Gasteiger charge is -2.28. The van der Waals surface area contributed by atoms with Crippen LogP contribution in [0.15, 0.2) is 18.2 Å². The SMILES string of the molecule is C[C@H](N)c1ccc(OC2CCCC(S(C)(=O)=O)C2)cc1F. The Balaban J connectivity index is 2.06. The number of sulfone groups is 1. The first-order chi connectivity index (χ1) is 9.77. The Morgan fingerprint density at radius 3 is 2.67 bits per heavy atom. The third kappa shape index (κ3) is 4.17. The van der Waals surface area contributed by atoms with E-state index < -0.39 is 15.7 Å². The van der Waals surface area contributed by atoms with Crippen molar-refractivity contribution < 1.29 is 17.5 Å². The van der Waals surface area contributed by atoms with Gasteiger partial charge in [-0.05, 0) is 32.3 Å². The second kappa shape index (κ2) is 6.32. The van der Waals surface area contributed by atoms with Crippen molar-refractivity contribution in [3.63, 3.8) is 0 Å². The van der Waals surface area contributed by atoms with Crippen LogP contribution in [0.3, 0.4) is 0 Å². The summed E-state index contributed by atoms with van der Waals surface area (Å²) < 4.78 is 42.9. The standard InChI is InChI=1S/C15H22FNO3S/c1-10(17)14-7-6-12(9-15(14)16)20-11-4-3-5-13(8-11)21(2,18)19/h6-7,9-11,13H,3-5,8,17H2,1-2H3/t10-,11?,13?/m0/s1. The molecule has 0 amide bonds. The highest BCUT2D eigenvalue weighted by Crippen LogP contribution is 2.28. The highest BCUT2D eigenvalue weighted by atomic mass is 32.2. The van der Waals surface area contributed by atoms with Crippen LogP contribution < -0.4 is 10.5 Å². The molecule has 1 fully saturated rings. The van der Waals surface area contributed by atoms with Gasteiger partial charge in [0.05, 0.1) is 11.4 Å². The molecule has 0 heterocycles. The molecule has 0 bridgehead atoms. The molecule has 118 valence electrons. The van der Waals surface area contributed by atoms with E-state index in [-0.39, 0.29) is 17.4 Å². The predicted molar refractivity (Wildman–Crippen MR) is 80.5 cm³/mol. The van der Waals surface area contributed by atoms with Crippen molar-refractivity contribution in [2.45, 2.75) is 50.0 Å². The van der Waals surface area contributed by atoms with Gasteiger partial charge in [0.25, 0.3) is 0 Å². The van der Waals surface area contributed by atoms with Gasteiger partial charge in [-0.1, -0.05) is 6.07 Å². The van der Waals surface area contributed by atoms with Gasteiger partial charge in [-0.2, -0.15) is 0 Å². The summed E-state index contributed by atoms with van der Waals surface area (Å²) in [5.41, 5.74) is 6.11. The minimum absolute atomic E-state index is 0.181. The quantitative estimate of drug-likeness (QED) is 0.927. The van der Waals surface area contributed by atoms with Gasteiger partial charge in [-0.25, -0.2) is 12.8 Å². The number of hydrogen-bond donors (Lipinski definition) is 1. The number of rotatable bonds is 4. The monoisotopic (exact) mass is 315 g/mol. The molecule has 21 heavy (non-hydrogen) atoms. The molecule has 6 heteroatoms. The van der Waals surface area contributed by atoms with E-state index in [0.717, 1.165) is 12.8 Å². The van der Waals surface area contributed by atoms with Crippen LogP contribution in [0.4, 0.5) is 4.39 Å². The molecular weight excluding hydrogens is 293 g/mol. The van der Waals surface area contributed by atoms with E-state index in [4.69, 9.17) is 10.5 Å². The van der Waals surface area contributed by atoms with Crippen LogP contribution in [-0.4, -0.2) is 26.0 Å². The molecule has 0 aliphatic heterocycles. The third-order valence-electron chi connectivity index (χ3n) is 3.95. The summed E-state index contributed by atoms with van der Waals surface area (Å²) in [6.07, 6.45) is 3.83. The molecule has 1 aliphatic rings. The average Bonchev–Trinajstić information content (AvgIpc) is 2.37. The first kappa shape index (κ1) is 16.2. The molecule has 3 atom stereocenters. The van der Waals surface area contributed by atoms with Gasteiger partial charge in [-0.3, -0.25) is 0 Å². The Bertz CT molecular complexity index is 601. The topological polar surface area (TPSA) is 69.4 Å². The summed E-state index contributed by atoms with van der Waals surface area (Å²) in [6.45, 7) is 1.72. The number of nitrogens with two attached hydrogens (primary N) is 1. The highest BCUT2D eigenvalue weighted by Gasteiger charge is 2.30. The van der Waals surface area contributed by atoms with Crippen molar-refractivity contribution in [3.05, 3.63) is 29.6 Å². The van der Waals surface area contributed by atoms with E-state index in [1.165, 1.54) is 12.3 Å². The van der Waals surface area contributed by atoms with Gasteiger partial charge in [-0.15, -0.1) is 0 Å². The first-order valence-corrected chi connectivity index (χ1v) is 9.13. The van der Waals surface area contributed by atoms with Crippen LogP contribution in [0.2, 0.25) is 0 Å². The van der Waals surface area contributed by atoms with Crippen molar-refractivity contribution in [2.75, 3.05) is 6.26 Å². The maximum absolute atomic E-state index is 13.9. The van der Waals surface area contributed by atoms with Crippen LogP contribution in [0.1, 0.15) is 44.2 Å². The molecule has 4 nitrogen and oxygen atoms in total. The number of hydrogen-bond acceptors (Lipinski definition) is 4. The molecule has 2 unspecified atom stereocenters. The lowest BCUT2D eigenvalue weighted by molar-refractivity contribution is 0.155. The Kier molecular flexibility index (Phi) is 4.88. The molecular formula is C15H22FNO3S.